The van der Waals surface area contributed by atoms with E-state index in [9.17, 15) is 8.42 Å². The highest BCUT2D eigenvalue weighted by molar-refractivity contribution is 7.92. The molecular weight excluding hydrogens is 334 g/mol. The Morgan fingerprint density at radius 3 is 2.28 bits per heavy atom. The van der Waals surface area contributed by atoms with Crippen LogP contribution in [0.15, 0.2) is 59.5 Å². The lowest BCUT2D eigenvalue weighted by Crippen LogP contribution is -2.29. The highest BCUT2D eigenvalue weighted by Crippen LogP contribution is 2.63. The third-order valence-electron chi connectivity index (χ3n) is 5.18. The maximum absolute atomic E-state index is 13.3. The van der Waals surface area contributed by atoms with Gasteiger partial charge in [0.1, 0.15) is 0 Å². The fraction of sp³-hybridized carbons (Fsp3) is 0.400. The van der Waals surface area contributed by atoms with Crippen LogP contribution in [-0.4, -0.2) is 33.4 Å². The Morgan fingerprint density at radius 2 is 1.72 bits per heavy atom. The molecule has 1 fully saturated rings. The number of hydrogen-bond acceptors (Lipinski definition) is 4. The summed E-state index contributed by atoms with van der Waals surface area (Å²) in [6, 6.07) is 16.8. The molecule has 0 saturated heterocycles. The molecule has 5 heteroatoms. The first-order valence-electron chi connectivity index (χ1n) is 8.60. The van der Waals surface area contributed by atoms with Crippen molar-refractivity contribution in [3.05, 3.63) is 65.7 Å². The van der Waals surface area contributed by atoms with E-state index in [1.54, 1.807) is 12.1 Å². The van der Waals surface area contributed by atoms with Crippen LogP contribution < -0.4 is 5.73 Å². The molecule has 0 amide bonds. The maximum Gasteiger partial charge on any atom is 0.182 e. The first-order chi connectivity index (χ1) is 12.0. The average molecular weight is 359 g/mol. The molecule has 0 aliphatic heterocycles. The predicted octanol–water partition coefficient (Wildman–Crippen LogP) is 2.92. The molecule has 2 aromatic rings. The number of benzene rings is 2. The van der Waals surface area contributed by atoms with Crippen molar-refractivity contribution in [2.75, 3.05) is 19.8 Å². The lowest BCUT2D eigenvalue weighted by Gasteiger charge is -2.16. The summed E-state index contributed by atoms with van der Waals surface area (Å²) in [4.78, 5) is 0.357. The van der Waals surface area contributed by atoms with Crippen molar-refractivity contribution in [3.8, 4) is 0 Å². The monoisotopic (exact) mass is 359 g/mol. The molecule has 0 aromatic heterocycles. The first-order valence-corrected chi connectivity index (χ1v) is 10.2. The SMILES string of the molecule is CCOC[C@]1(CN)[C@H](c2ccccc2)[C@H]1S(=O)(=O)c1ccc(C)cc1. The van der Waals surface area contributed by atoms with E-state index in [4.69, 9.17) is 10.5 Å². The highest BCUT2D eigenvalue weighted by atomic mass is 32.2. The lowest BCUT2D eigenvalue weighted by molar-refractivity contribution is 0.101. The van der Waals surface area contributed by atoms with Gasteiger partial charge in [-0.3, -0.25) is 0 Å². The summed E-state index contributed by atoms with van der Waals surface area (Å²) in [7, 11) is -3.49. The topological polar surface area (TPSA) is 69.4 Å². The van der Waals surface area contributed by atoms with Crippen LogP contribution in [0.2, 0.25) is 0 Å². The van der Waals surface area contributed by atoms with Gasteiger partial charge in [0, 0.05) is 24.5 Å². The summed E-state index contributed by atoms with van der Waals surface area (Å²) >= 11 is 0. The van der Waals surface area contributed by atoms with Gasteiger partial charge in [-0.15, -0.1) is 0 Å². The lowest BCUT2D eigenvalue weighted by atomic mass is 10.0. The van der Waals surface area contributed by atoms with E-state index in [1.165, 1.54) is 0 Å². The zero-order valence-corrected chi connectivity index (χ0v) is 15.5. The molecule has 0 heterocycles. The molecule has 0 spiro atoms. The van der Waals surface area contributed by atoms with Gasteiger partial charge in [0.15, 0.2) is 9.84 Å². The van der Waals surface area contributed by atoms with E-state index in [-0.39, 0.29) is 12.5 Å². The molecule has 0 bridgehead atoms. The Labute approximate surface area is 149 Å². The average Bonchev–Trinajstić information content (AvgIpc) is 3.31. The Kier molecular flexibility index (Phi) is 5.00. The molecular formula is C20H25NO3S. The summed E-state index contributed by atoms with van der Waals surface area (Å²) < 4.78 is 32.3. The van der Waals surface area contributed by atoms with Gasteiger partial charge in [0.05, 0.1) is 16.8 Å². The van der Waals surface area contributed by atoms with Crippen molar-refractivity contribution in [2.45, 2.75) is 29.9 Å². The molecule has 1 aliphatic rings. The van der Waals surface area contributed by atoms with E-state index in [1.807, 2.05) is 56.3 Å². The molecule has 1 saturated carbocycles. The molecule has 3 atom stereocenters. The Bertz CT molecular complexity index is 818. The smallest absolute Gasteiger partial charge is 0.182 e. The minimum atomic E-state index is -3.49. The van der Waals surface area contributed by atoms with Crippen molar-refractivity contribution in [2.24, 2.45) is 11.1 Å². The second-order valence-electron chi connectivity index (χ2n) is 6.74. The fourth-order valence-corrected chi connectivity index (χ4v) is 6.19. The molecule has 0 unspecified atom stereocenters. The summed E-state index contributed by atoms with van der Waals surface area (Å²) in [5.41, 5.74) is 7.56. The first kappa shape index (κ1) is 18.1. The molecule has 25 heavy (non-hydrogen) atoms. The predicted molar refractivity (Wildman–Crippen MR) is 99.3 cm³/mol. The normalized spacial score (nSPS) is 25.7. The minimum absolute atomic E-state index is 0.142. The number of sulfone groups is 1. The molecule has 1 aliphatic carbocycles. The fourth-order valence-electron chi connectivity index (χ4n) is 3.75. The summed E-state index contributed by atoms with van der Waals surface area (Å²) in [6.07, 6.45) is 0. The molecule has 3 rings (SSSR count). The Hall–Kier alpha value is -1.69. The van der Waals surface area contributed by atoms with Crippen LogP contribution in [0.3, 0.4) is 0 Å². The van der Waals surface area contributed by atoms with E-state index in [2.05, 4.69) is 0 Å². The molecule has 2 N–H and O–H groups in total. The maximum atomic E-state index is 13.3. The number of ether oxygens (including phenoxy) is 1. The van der Waals surface area contributed by atoms with Crippen LogP contribution in [-0.2, 0) is 14.6 Å². The summed E-state index contributed by atoms with van der Waals surface area (Å²) in [5.74, 6) is -0.142. The van der Waals surface area contributed by atoms with Gasteiger partial charge in [-0.25, -0.2) is 8.42 Å². The largest absolute Gasteiger partial charge is 0.381 e. The van der Waals surface area contributed by atoms with Gasteiger partial charge < -0.3 is 10.5 Å². The summed E-state index contributed by atoms with van der Waals surface area (Å²) in [6.45, 7) is 5.03. The second-order valence-corrected chi connectivity index (χ2v) is 8.81. The second kappa shape index (κ2) is 6.90. The highest BCUT2D eigenvalue weighted by Gasteiger charge is 2.70. The number of hydrogen-bond donors (Lipinski definition) is 1. The van der Waals surface area contributed by atoms with Gasteiger partial charge >= 0.3 is 0 Å². The van der Waals surface area contributed by atoms with Gasteiger partial charge in [-0.1, -0.05) is 48.0 Å². The van der Waals surface area contributed by atoms with Crippen LogP contribution >= 0.6 is 0 Å². The van der Waals surface area contributed by atoms with Crippen LogP contribution in [0.5, 0.6) is 0 Å². The van der Waals surface area contributed by atoms with Crippen molar-refractivity contribution in [3.63, 3.8) is 0 Å². The quantitative estimate of drug-likeness (QED) is 0.825. The van der Waals surface area contributed by atoms with Gasteiger partial charge in [-0.2, -0.15) is 0 Å². The number of aryl methyl sites for hydroxylation is 1. The van der Waals surface area contributed by atoms with Crippen LogP contribution in [0.25, 0.3) is 0 Å². The third-order valence-corrected chi connectivity index (χ3v) is 7.52. The van der Waals surface area contributed by atoms with E-state index >= 15 is 0 Å². The van der Waals surface area contributed by atoms with Crippen molar-refractivity contribution >= 4 is 9.84 Å². The standard InChI is InChI=1S/C20H25NO3S/c1-3-24-14-20(13-21)18(16-7-5-4-6-8-16)19(20)25(22,23)17-11-9-15(2)10-12-17/h4-12,18-19H,3,13-14,21H2,1-2H3/t18-,19-,20-/m1/s1. The van der Waals surface area contributed by atoms with E-state index < -0.39 is 20.5 Å². The third kappa shape index (κ3) is 3.12. The Morgan fingerprint density at radius 1 is 1.08 bits per heavy atom. The van der Waals surface area contributed by atoms with Crippen LogP contribution in [0, 0.1) is 12.3 Å². The molecule has 4 nitrogen and oxygen atoms in total. The summed E-state index contributed by atoms with van der Waals surface area (Å²) in [5, 5.41) is -0.554. The number of nitrogens with two attached hydrogens (primary N) is 1. The van der Waals surface area contributed by atoms with Gasteiger partial charge in [0.2, 0.25) is 0 Å². The van der Waals surface area contributed by atoms with E-state index in [0.717, 1.165) is 11.1 Å². The van der Waals surface area contributed by atoms with Crippen molar-refractivity contribution < 1.29 is 13.2 Å². The van der Waals surface area contributed by atoms with Crippen LogP contribution in [0.1, 0.15) is 24.0 Å². The zero-order chi connectivity index (χ0) is 18.1. The molecule has 0 radical (unpaired) electrons. The molecule has 2 aromatic carbocycles. The van der Waals surface area contributed by atoms with Gasteiger partial charge in [-0.05, 0) is 31.5 Å². The number of rotatable bonds is 7. The van der Waals surface area contributed by atoms with Gasteiger partial charge in [0.25, 0.3) is 0 Å². The zero-order valence-electron chi connectivity index (χ0n) is 14.7. The van der Waals surface area contributed by atoms with Crippen LogP contribution in [0.4, 0.5) is 0 Å². The van der Waals surface area contributed by atoms with Crippen molar-refractivity contribution in [1.29, 1.82) is 0 Å². The van der Waals surface area contributed by atoms with Crippen molar-refractivity contribution in [1.82, 2.24) is 0 Å². The Balaban J connectivity index is 2.03. The molecule has 134 valence electrons. The minimum Gasteiger partial charge on any atom is -0.381 e. The van der Waals surface area contributed by atoms with E-state index in [0.29, 0.717) is 18.1 Å².